The van der Waals surface area contributed by atoms with Crippen molar-refractivity contribution in [2.75, 3.05) is 13.8 Å². The maximum Gasteiger partial charge on any atom is 0.411 e. The topological polar surface area (TPSA) is 49.8 Å². The summed E-state index contributed by atoms with van der Waals surface area (Å²) in [6.45, 7) is -0.239. The van der Waals surface area contributed by atoms with Crippen LogP contribution in [0.25, 0.3) is 0 Å². The third kappa shape index (κ3) is 2.59. The Morgan fingerprint density at radius 1 is 1.46 bits per heavy atom. The minimum absolute atomic E-state index is 0.172. The fraction of sp³-hybridized carbons (Fsp3) is 0.889. The van der Waals surface area contributed by atoms with Crippen LogP contribution in [0.5, 0.6) is 0 Å². The Bertz CT molecular complexity index is 166. The lowest BCUT2D eigenvalue weighted by Crippen LogP contribution is -2.41. The second-order valence-corrected chi connectivity index (χ2v) is 3.37. The first-order chi connectivity index (χ1) is 6.29. The molecule has 1 saturated carbocycles. The van der Waals surface area contributed by atoms with Crippen LogP contribution in [0.15, 0.2) is 0 Å². The average Bonchev–Trinajstić information content (AvgIpc) is 2.20. The Kier molecular flexibility index (Phi) is 4.02. The summed E-state index contributed by atoms with van der Waals surface area (Å²) in [6, 6.07) is 0.172. The van der Waals surface area contributed by atoms with E-state index in [-0.39, 0.29) is 12.8 Å². The summed E-state index contributed by atoms with van der Waals surface area (Å²) in [4.78, 5) is 12.6. The van der Waals surface area contributed by atoms with Gasteiger partial charge in [0.15, 0.2) is 0 Å². The number of ether oxygens (including phenoxy) is 1. The van der Waals surface area contributed by atoms with E-state index in [2.05, 4.69) is 4.74 Å². The van der Waals surface area contributed by atoms with Gasteiger partial charge in [0, 0.05) is 6.04 Å². The number of amides is 1. The molecule has 1 amide bonds. The monoisotopic (exact) mass is 187 g/mol. The molecular formula is C9H17NO3. The summed E-state index contributed by atoms with van der Waals surface area (Å²) in [5, 5.41) is 9.00. The first-order valence-corrected chi connectivity index (χ1v) is 4.75. The van der Waals surface area contributed by atoms with Crippen molar-refractivity contribution >= 4 is 6.09 Å². The highest BCUT2D eigenvalue weighted by atomic mass is 16.5. The predicted octanol–water partition coefficient (Wildman–Crippen LogP) is 1.34. The Hall–Kier alpha value is -0.770. The number of carbonyl (C=O) groups is 1. The minimum atomic E-state index is -0.422. The zero-order valence-electron chi connectivity index (χ0n) is 8.03. The molecule has 76 valence electrons. The molecule has 0 aromatic rings. The molecule has 13 heavy (non-hydrogen) atoms. The zero-order valence-corrected chi connectivity index (χ0v) is 8.03. The lowest BCUT2D eigenvalue weighted by molar-refractivity contribution is 0.0409. The summed E-state index contributed by atoms with van der Waals surface area (Å²) in [5.41, 5.74) is 0. The van der Waals surface area contributed by atoms with Crippen molar-refractivity contribution in [1.29, 1.82) is 0 Å². The van der Waals surface area contributed by atoms with Gasteiger partial charge in [-0.05, 0) is 12.8 Å². The number of hydrogen-bond acceptors (Lipinski definition) is 3. The van der Waals surface area contributed by atoms with Gasteiger partial charge < -0.3 is 9.84 Å². The van der Waals surface area contributed by atoms with Crippen LogP contribution in [0.3, 0.4) is 0 Å². The molecule has 0 aromatic carbocycles. The highest BCUT2D eigenvalue weighted by Gasteiger charge is 2.24. The number of hydrogen-bond donors (Lipinski definition) is 1. The first-order valence-electron chi connectivity index (χ1n) is 4.75. The zero-order chi connectivity index (χ0) is 9.68. The molecular weight excluding hydrogens is 170 g/mol. The van der Waals surface area contributed by atoms with Gasteiger partial charge in [-0.3, -0.25) is 4.90 Å². The Labute approximate surface area is 78.5 Å². The van der Waals surface area contributed by atoms with Crippen LogP contribution < -0.4 is 0 Å². The quantitative estimate of drug-likeness (QED) is 0.663. The van der Waals surface area contributed by atoms with Crippen molar-refractivity contribution in [3.63, 3.8) is 0 Å². The van der Waals surface area contributed by atoms with Gasteiger partial charge in [0.25, 0.3) is 0 Å². The summed E-state index contributed by atoms with van der Waals surface area (Å²) < 4.78 is 4.58. The molecule has 0 radical (unpaired) electrons. The van der Waals surface area contributed by atoms with Crippen molar-refractivity contribution in [3.05, 3.63) is 0 Å². The number of aliphatic hydroxyl groups is 1. The van der Waals surface area contributed by atoms with E-state index in [4.69, 9.17) is 5.11 Å². The molecule has 0 unspecified atom stereocenters. The number of carbonyl (C=O) groups excluding carboxylic acids is 1. The van der Waals surface area contributed by atoms with Crippen LogP contribution in [-0.4, -0.2) is 36.0 Å². The van der Waals surface area contributed by atoms with Gasteiger partial charge in [-0.25, -0.2) is 4.79 Å². The molecule has 0 aromatic heterocycles. The standard InChI is InChI=1S/C9H17NO3/c1-13-9(12)10(7-11)8-5-3-2-4-6-8/h8,11H,2-7H2,1H3. The molecule has 0 heterocycles. The second kappa shape index (κ2) is 5.07. The summed E-state index contributed by atoms with van der Waals surface area (Å²) in [7, 11) is 1.34. The van der Waals surface area contributed by atoms with E-state index in [1.165, 1.54) is 18.4 Å². The lowest BCUT2D eigenvalue weighted by atomic mass is 9.95. The molecule has 4 heteroatoms. The number of nitrogens with zero attached hydrogens (tertiary/aromatic N) is 1. The van der Waals surface area contributed by atoms with E-state index < -0.39 is 6.09 Å². The van der Waals surface area contributed by atoms with E-state index in [9.17, 15) is 4.79 Å². The molecule has 0 aliphatic heterocycles. The van der Waals surface area contributed by atoms with Gasteiger partial charge >= 0.3 is 6.09 Å². The van der Waals surface area contributed by atoms with Gasteiger partial charge in [-0.15, -0.1) is 0 Å². The molecule has 0 bridgehead atoms. The van der Waals surface area contributed by atoms with Crippen molar-refractivity contribution in [1.82, 2.24) is 4.90 Å². The van der Waals surface area contributed by atoms with Gasteiger partial charge in [0.1, 0.15) is 6.73 Å². The van der Waals surface area contributed by atoms with Crippen molar-refractivity contribution in [2.45, 2.75) is 38.1 Å². The third-order valence-electron chi connectivity index (χ3n) is 2.58. The van der Waals surface area contributed by atoms with Crippen molar-refractivity contribution in [3.8, 4) is 0 Å². The fourth-order valence-electron chi connectivity index (χ4n) is 1.83. The van der Waals surface area contributed by atoms with Gasteiger partial charge in [0.2, 0.25) is 0 Å². The van der Waals surface area contributed by atoms with Crippen LogP contribution in [0, 0.1) is 0 Å². The van der Waals surface area contributed by atoms with Crippen LogP contribution in [0.1, 0.15) is 32.1 Å². The van der Waals surface area contributed by atoms with E-state index in [1.54, 1.807) is 0 Å². The summed E-state index contributed by atoms with van der Waals surface area (Å²) in [6.07, 6.45) is 5.05. The smallest absolute Gasteiger partial charge is 0.411 e. The van der Waals surface area contributed by atoms with Crippen LogP contribution in [0.2, 0.25) is 0 Å². The normalized spacial score (nSPS) is 18.3. The van der Waals surface area contributed by atoms with Gasteiger partial charge in [-0.2, -0.15) is 0 Å². The maximum atomic E-state index is 11.2. The van der Waals surface area contributed by atoms with Crippen LogP contribution in [-0.2, 0) is 4.74 Å². The second-order valence-electron chi connectivity index (χ2n) is 3.37. The molecule has 0 spiro atoms. The average molecular weight is 187 g/mol. The summed E-state index contributed by atoms with van der Waals surface area (Å²) in [5.74, 6) is 0. The molecule has 0 saturated heterocycles. The Morgan fingerprint density at radius 3 is 2.54 bits per heavy atom. The molecule has 1 aliphatic carbocycles. The van der Waals surface area contributed by atoms with Gasteiger partial charge in [-0.1, -0.05) is 19.3 Å². The van der Waals surface area contributed by atoms with Gasteiger partial charge in [0.05, 0.1) is 7.11 Å². The minimum Gasteiger partial charge on any atom is -0.453 e. The molecule has 1 N–H and O–H groups in total. The number of aliphatic hydroxyl groups excluding tert-OH is 1. The highest BCUT2D eigenvalue weighted by molar-refractivity contribution is 5.67. The highest BCUT2D eigenvalue weighted by Crippen LogP contribution is 2.22. The van der Waals surface area contributed by atoms with Crippen molar-refractivity contribution in [2.24, 2.45) is 0 Å². The van der Waals surface area contributed by atoms with E-state index in [0.29, 0.717) is 0 Å². The molecule has 4 nitrogen and oxygen atoms in total. The van der Waals surface area contributed by atoms with E-state index in [0.717, 1.165) is 25.7 Å². The van der Waals surface area contributed by atoms with E-state index >= 15 is 0 Å². The Morgan fingerprint density at radius 2 is 2.08 bits per heavy atom. The largest absolute Gasteiger partial charge is 0.453 e. The predicted molar refractivity (Wildman–Crippen MR) is 48.2 cm³/mol. The maximum absolute atomic E-state index is 11.2. The molecule has 1 fully saturated rings. The Balaban J connectivity index is 2.48. The fourth-order valence-corrected chi connectivity index (χ4v) is 1.83. The molecule has 0 atom stereocenters. The first kappa shape index (κ1) is 10.3. The lowest BCUT2D eigenvalue weighted by Gasteiger charge is -2.31. The number of rotatable bonds is 2. The van der Waals surface area contributed by atoms with Crippen molar-refractivity contribution < 1.29 is 14.6 Å². The van der Waals surface area contributed by atoms with Crippen LogP contribution >= 0.6 is 0 Å². The molecule has 1 aliphatic rings. The molecule has 1 rings (SSSR count). The SMILES string of the molecule is COC(=O)N(CO)C1CCCCC1. The number of methoxy groups -OCH3 is 1. The van der Waals surface area contributed by atoms with E-state index in [1.807, 2.05) is 0 Å². The van der Waals surface area contributed by atoms with Crippen LogP contribution in [0.4, 0.5) is 4.79 Å². The summed E-state index contributed by atoms with van der Waals surface area (Å²) >= 11 is 0. The third-order valence-corrected chi connectivity index (χ3v) is 2.58.